The summed E-state index contributed by atoms with van der Waals surface area (Å²) in [7, 11) is 0. The Hall–Kier alpha value is -1.51. The molecule has 0 unspecified atom stereocenters. The van der Waals surface area contributed by atoms with Crippen LogP contribution in [0.5, 0.6) is 0 Å². The Morgan fingerprint density at radius 2 is 1.47 bits per heavy atom. The van der Waals surface area contributed by atoms with Crippen LogP contribution in [0.3, 0.4) is 0 Å². The van der Waals surface area contributed by atoms with Crippen LogP contribution in [0.15, 0.2) is 24.3 Å². The molecule has 3 nitrogen and oxygen atoms in total. The van der Waals surface area contributed by atoms with Crippen LogP contribution in [0.2, 0.25) is 0 Å². The van der Waals surface area contributed by atoms with Gasteiger partial charge in [-0.2, -0.15) is 0 Å². The first-order valence-corrected chi connectivity index (χ1v) is 5.31. The summed E-state index contributed by atoms with van der Waals surface area (Å²) in [6, 6.07) is 7.00. The minimum absolute atomic E-state index is 0.0743. The minimum atomic E-state index is -0.0743. The molecule has 1 amide bonds. The van der Waals surface area contributed by atoms with Crippen LogP contribution in [0.4, 0.5) is 11.4 Å². The molecule has 15 heavy (non-hydrogen) atoms. The molecule has 0 atom stereocenters. The summed E-state index contributed by atoms with van der Waals surface area (Å²) < 4.78 is 0. The first-order chi connectivity index (χ1) is 7.18. The van der Waals surface area contributed by atoms with Crippen molar-refractivity contribution in [3.05, 3.63) is 24.3 Å². The lowest BCUT2D eigenvalue weighted by Crippen LogP contribution is -2.05. The Morgan fingerprint density at radius 1 is 1.07 bits per heavy atom. The lowest BCUT2D eigenvalue weighted by atomic mass is 10.3. The Bertz CT molecular complexity index is 255. The summed E-state index contributed by atoms with van der Waals surface area (Å²) in [5, 5.41) is 2.64. The number of nitrogen functional groups attached to an aromatic ring is 1. The van der Waals surface area contributed by atoms with Crippen molar-refractivity contribution in [3.8, 4) is 0 Å². The number of amides is 1. The van der Waals surface area contributed by atoms with Crippen molar-refractivity contribution in [2.45, 2.75) is 34.6 Å². The van der Waals surface area contributed by atoms with Crippen LogP contribution >= 0.6 is 0 Å². The number of carbonyl (C=O) groups excluding carboxylic acids is 1. The Morgan fingerprint density at radius 3 is 1.80 bits per heavy atom. The average molecular weight is 210 g/mol. The van der Waals surface area contributed by atoms with Crippen molar-refractivity contribution >= 4 is 17.3 Å². The fourth-order valence-electron chi connectivity index (χ4n) is 0.770. The highest BCUT2D eigenvalue weighted by atomic mass is 16.1. The highest BCUT2D eigenvalue weighted by molar-refractivity contribution is 5.88. The predicted molar refractivity (Wildman–Crippen MR) is 67.9 cm³/mol. The molecule has 3 N–H and O–H groups in total. The molecule has 0 aliphatic rings. The molecule has 86 valence electrons. The number of nitrogens with one attached hydrogen (secondary N) is 1. The first kappa shape index (κ1) is 15.9. The van der Waals surface area contributed by atoms with Crippen LogP contribution in [-0.4, -0.2) is 5.91 Å². The standard InChI is InChI=1S/C8H10N2O.2C2H6/c1-6(11)10-8-4-2-7(9)3-5-8;2*1-2/h2-5H,9H2,1H3,(H,10,11);2*1-2H3. The number of rotatable bonds is 1. The van der Waals surface area contributed by atoms with Gasteiger partial charge in [0.15, 0.2) is 0 Å². The van der Waals surface area contributed by atoms with E-state index in [1.165, 1.54) is 6.92 Å². The number of nitrogens with two attached hydrogens (primary N) is 1. The maximum absolute atomic E-state index is 10.6. The molecular weight excluding hydrogens is 188 g/mol. The van der Waals surface area contributed by atoms with Gasteiger partial charge in [0, 0.05) is 18.3 Å². The lowest BCUT2D eigenvalue weighted by molar-refractivity contribution is -0.114. The Labute approximate surface area is 92.7 Å². The van der Waals surface area contributed by atoms with Gasteiger partial charge in [0.1, 0.15) is 0 Å². The van der Waals surface area contributed by atoms with E-state index in [1.54, 1.807) is 24.3 Å². The molecular formula is C12H22N2O. The van der Waals surface area contributed by atoms with Crippen molar-refractivity contribution in [1.82, 2.24) is 0 Å². The lowest BCUT2D eigenvalue weighted by Gasteiger charge is -2.00. The van der Waals surface area contributed by atoms with Gasteiger partial charge in [-0.05, 0) is 24.3 Å². The van der Waals surface area contributed by atoms with E-state index in [-0.39, 0.29) is 5.91 Å². The van der Waals surface area contributed by atoms with Gasteiger partial charge < -0.3 is 11.1 Å². The van der Waals surface area contributed by atoms with E-state index in [9.17, 15) is 4.79 Å². The van der Waals surface area contributed by atoms with Crippen molar-refractivity contribution < 1.29 is 4.79 Å². The van der Waals surface area contributed by atoms with E-state index < -0.39 is 0 Å². The molecule has 0 bridgehead atoms. The summed E-state index contributed by atoms with van der Waals surface area (Å²) in [5.41, 5.74) is 6.91. The molecule has 0 saturated carbocycles. The second kappa shape index (κ2) is 10.6. The molecule has 0 heterocycles. The average Bonchev–Trinajstić information content (AvgIpc) is 2.27. The molecule has 0 saturated heterocycles. The largest absolute Gasteiger partial charge is 0.399 e. The highest BCUT2D eigenvalue weighted by Crippen LogP contribution is 2.09. The zero-order valence-corrected chi connectivity index (χ0v) is 10.3. The van der Waals surface area contributed by atoms with E-state index in [0.29, 0.717) is 5.69 Å². The number of carbonyl (C=O) groups is 1. The second-order valence-corrected chi connectivity index (χ2v) is 2.30. The summed E-state index contributed by atoms with van der Waals surface area (Å²) in [4.78, 5) is 10.6. The molecule has 0 aliphatic carbocycles. The van der Waals surface area contributed by atoms with Gasteiger partial charge in [0.05, 0.1) is 0 Å². The number of hydrogen-bond donors (Lipinski definition) is 2. The van der Waals surface area contributed by atoms with E-state index in [0.717, 1.165) is 5.69 Å². The Balaban J connectivity index is 0. The second-order valence-electron chi connectivity index (χ2n) is 2.30. The summed E-state index contributed by atoms with van der Waals surface area (Å²) in [6.45, 7) is 9.47. The summed E-state index contributed by atoms with van der Waals surface area (Å²) in [5.74, 6) is -0.0743. The van der Waals surface area contributed by atoms with Gasteiger partial charge in [-0.3, -0.25) is 4.79 Å². The molecule has 1 rings (SSSR count). The van der Waals surface area contributed by atoms with Crippen LogP contribution in [-0.2, 0) is 4.79 Å². The summed E-state index contributed by atoms with van der Waals surface area (Å²) in [6.07, 6.45) is 0. The molecule has 3 heteroatoms. The topological polar surface area (TPSA) is 55.1 Å². The van der Waals surface area contributed by atoms with Gasteiger partial charge in [0.2, 0.25) is 5.91 Å². The van der Waals surface area contributed by atoms with Crippen LogP contribution in [0.25, 0.3) is 0 Å². The third-order valence-corrected chi connectivity index (χ3v) is 1.23. The first-order valence-electron chi connectivity index (χ1n) is 5.31. The predicted octanol–water partition coefficient (Wildman–Crippen LogP) is 3.28. The van der Waals surface area contributed by atoms with E-state index in [2.05, 4.69) is 5.32 Å². The maximum Gasteiger partial charge on any atom is 0.221 e. The third-order valence-electron chi connectivity index (χ3n) is 1.23. The number of anilines is 2. The van der Waals surface area contributed by atoms with Crippen molar-refractivity contribution in [2.75, 3.05) is 11.1 Å². The van der Waals surface area contributed by atoms with Crippen LogP contribution in [0.1, 0.15) is 34.6 Å². The van der Waals surface area contributed by atoms with Gasteiger partial charge in [0.25, 0.3) is 0 Å². The van der Waals surface area contributed by atoms with Gasteiger partial charge >= 0.3 is 0 Å². The van der Waals surface area contributed by atoms with Crippen molar-refractivity contribution in [2.24, 2.45) is 0 Å². The SMILES string of the molecule is CC.CC.CC(=O)Nc1ccc(N)cc1. The zero-order chi connectivity index (χ0) is 12.3. The normalized spacial score (nSPS) is 7.53. The van der Waals surface area contributed by atoms with E-state index >= 15 is 0 Å². The maximum atomic E-state index is 10.6. The fourth-order valence-corrected chi connectivity index (χ4v) is 0.770. The van der Waals surface area contributed by atoms with Gasteiger partial charge in [-0.1, -0.05) is 27.7 Å². The van der Waals surface area contributed by atoms with E-state index in [4.69, 9.17) is 5.73 Å². The van der Waals surface area contributed by atoms with Crippen LogP contribution < -0.4 is 11.1 Å². The molecule has 0 aromatic heterocycles. The van der Waals surface area contributed by atoms with Crippen LogP contribution in [0, 0.1) is 0 Å². The van der Waals surface area contributed by atoms with Gasteiger partial charge in [-0.25, -0.2) is 0 Å². The molecule has 0 radical (unpaired) electrons. The van der Waals surface area contributed by atoms with E-state index in [1.807, 2.05) is 27.7 Å². The zero-order valence-electron chi connectivity index (χ0n) is 10.3. The molecule has 0 fully saturated rings. The number of hydrogen-bond acceptors (Lipinski definition) is 2. The monoisotopic (exact) mass is 210 g/mol. The fraction of sp³-hybridized carbons (Fsp3) is 0.417. The van der Waals surface area contributed by atoms with Crippen molar-refractivity contribution in [3.63, 3.8) is 0 Å². The van der Waals surface area contributed by atoms with Gasteiger partial charge in [-0.15, -0.1) is 0 Å². The molecule has 1 aromatic rings. The highest BCUT2D eigenvalue weighted by Gasteiger charge is 1.92. The molecule has 1 aromatic carbocycles. The minimum Gasteiger partial charge on any atom is -0.399 e. The Kier molecular flexibility index (Phi) is 11.2. The molecule has 0 spiro atoms. The summed E-state index contributed by atoms with van der Waals surface area (Å²) >= 11 is 0. The third kappa shape index (κ3) is 8.81. The number of benzene rings is 1. The quantitative estimate of drug-likeness (QED) is 0.699. The smallest absolute Gasteiger partial charge is 0.221 e. The molecule has 0 aliphatic heterocycles. The van der Waals surface area contributed by atoms with Crippen molar-refractivity contribution in [1.29, 1.82) is 0 Å².